The maximum absolute atomic E-state index is 15.1. The fourth-order valence-electron chi connectivity index (χ4n) is 3.69. The summed E-state index contributed by atoms with van der Waals surface area (Å²) in [5.74, 6) is -6.07. The summed E-state index contributed by atoms with van der Waals surface area (Å²) in [4.78, 5) is 37.5. The van der Waals surface area contributed by atoms with Crippen LogP contribution in [0.3, 0.4) is 0 Å². The summed E-state index contributed by atoms with van der Waals surface area (Å²) in [5.41, 5.74) is -3.15. The molecule has 0 aliphatic rings. The smallest absolute Gasteiger partial charge is 0.435 e. The van der Waals surface area contributed by atoms with Gasteiger partial charge in [0.05, 0.1) is 18.5 Å². The van der Waals surface area contributed by atoms with Crippen LogP contribution in [0.1, 0.15) is 27.7 Å². The Morgan fingerprint density at radius 2 is 1.68 bits per heavy atom. The molecular formula is C25H17F4N3O5. The molecule has 0 saturated heterocycles. The zero-order chi connectivity index (χ0) is 26.9. The van der Waals surface area contributed by atoms with E-state index in [-0.39, 0.29) is 11.4 Å². The van der Waals surface area contributed by atoms with Crippen molar-refractivity contribution in [3.05, 3.63) is 106 Å². The van der Waals surface area contributed by atoms with Crippen LogP contribution >= 0.6 is 0 Å². The predicted octanol–water partition coefficient (Wildman–Crippen LogP) is 4.24. The van der Waals surface area contributed by atoms with Crippen LogP contribution in [0.2, 0.25) is 0 Å². The van der Waals surface area contributed by atoms with Crippen molar-refractivity contribution in [3.63, 3.8) is 0 Å². The van der Waals surface area contributed by atoms with E-state index in [1.165, 1.54) is 61.8 Å². The molecule has 1 atom stereocenters. The highest BCUT2D eigenvalue weighted by atomic mass is 19.4. The average Bonchev–Trinajstić information content (AvgIpc) is 3.32. The van der Waals surface area contributed by atoms with Gasteiger partial charge in [0.1, 0.15) is 23.2 Å². The molecule has 0 radical (unpaired) electrons. The molecule has 0 spiro atoms. The number of carbonyl (C=O) groups excluding carboxylic acids is 1. The standard InChI is InChI=1S/C25H17F4N3O5/c1-37-16-8-5-14(6-9-16)32-19(13-20(30-32)25(27,28)29)23(34)22(24(35)36)17-10-7-15(12-18(17)26)31-11-3-2-4-21(31)33/h2-13,22H,1H3,(H,35,36). The number of aliphatic carboxylic acids is 1. The normalized spacial score (nSPS) is 12.2. The first-order valence-electron chi connectivity index (χ1n) is 10.6. The average molecular weight is 515 g/mol. The third-order valence-corrected chi connectivity index (χ3v) is 5.47. The number of alkyl halides is 3. The Bertz CT molecular complexity index is 1540. The zero-order valence-corrected chi connectivity index (χ0v) is 18.9. The molecule has 0 bridgehead atoms. The molecule has 37 heavy (non-hydrogen) atoms. The highest BCUT2D eigenvalue weighted by Crippen LogP contribution is 2.33. The molecular weight excluding hydrogens is 498 g/mol. The van der Waals surface area contributed by atoms with E-state index in [4.69, 9.17) is 4.74 Å². The molecule has 190 valence electrons. The van der Waals surface area contributed by atoms with E-state index < -0.39 is 52.2 Å². The number of carbonyl (C=O) groups is 2. The molecule has 2 aromatic carbocycles. The fraction of sp³-hybridized carbons (Fsp3) is 0.120. The van der Waals surface area contributed by atoms with Crippen molar-refractivity contribution in [1.82, 2.24) is 14.3 Å². The largest absolute Gasteiger partial charge is 0.497 e. The SMILES string of the molecule is COc1ccc(-n2nc(C(F)(F)F)cc2C(=O)C(C(=O)O)c2ccc(-n3ccccc3=O)cc2F)cc1. The minimum absolute atomic E-state index is 0.0167. The number of Topliss-reactive ketones (excluding diaryl/α,β-unsaturated/α-hetero) is 1. The molecule has 2 heterocycles. The van der Waals surface area contributed by atoms with Gasteiger partial charge in [-0.3, -0.25) is 19.0 Å². The van der Waals surface area contributed by atoms with Crippen molar-refractivity contribution >= 4 is 11.8 Å². The van der Waals surface area contributed by atoms with Gasteiger partial charge >= 0.3 is 12.1 Å². The monoisotopic (exact) mass is 515 g/mol. The number of methoxy groups -OCH3 is 1. The molecule has 0 fully saturated rings. The molecule has 8 nitrogen and oxygen atoms in total. The summed E-state index contributed by atoms with van der Waals surface area (Å²) in [5, 5.41) is 13.3. The Balaban J connectivity index is 1.82. The van der Waals surface area contributed by atoms with E-state index in [1.54, 1.807) is 0 Å². The maximum atomic E-state index is 15.1. The Morgan fingerprint density at radius 3 is 2.24 bits per heavy atom. The lowest BCUT2D eigenvalue weighted by atomic mass is 9.92. The van der Waals surface area contributed by atoms with E-state index in [9.17, 15) is 32.7 Å². The highest BCUT2D eigenvalue weighted by molar-refractivity contribution is 6.12. The third-order valence-electron chi connectivity index (χ3n) is 5.47. The van der Waals surface area contributed by atoms with Crippen LogP contribution in [-0.2, 0) is 11.0 Å². The lowest BCUT2D eigenvalue weighted by molar-refractivity contribution is -0.141. The van der Waals surface area contributed by atoms with Crippen LogP contribution in [0.15, 0.2) is 77.7 Å². The van der Waals surface area contributed by atoms with Gasteiger partial charge in [0.2, 0.25) is 0 Å². The number of benzene rings is 2. The number of pyridine rings is 1. The van der Waals surface area contributed by atoms with Gasteiger partial charge in [-0.05, 0) is 42.5 Å². The van der Waals surface area contributed by atoms with Crippen LogP contribution in [0, 0.1) is 5.82 Å². The van der Waals surface area contributed by atoms with Gasteiger partial charge in [0.25, 0.3) is 5.56 Å². The molecule has 0 saturated carbocycles. The predicted molar refractivity (Wildman–Crippen MR) is 122 cm³/mol. The van der Waals surface area contributed by atoms with Crippen LogP contribution < -0.4 is 10.3 Å². The fourth-order valence-corrected chi connectivity index (χ4v) is 3.69. The first-order chi connectivity index (χ1) is 17.5. The van der Waals surface area contributed by atoms with Gasteiger partial charge in [0.15, 0.2) is 11.5 Å². The van der Waals surface area contributed by atoms with Crippen molar-refractivity contribution in [3.8, 4) is 17.1 Å². The maximum Gasteiger partial charge on any atom is 0.435 e. The number of carboxylic acid groups (broad SMARTS) is 1. The Morgan fingerprint density at radius 1 is 1.00 bits per heavy atom. The second kappa shape index (κ2) is 9.72. The van der Waals surface area contributed by atoms with Crippen molar-refractivity contribution in [2.24, 2.45) is 0 Å². The number of hydrogen-bond acceptors (Lipinski definition) is 5. The van der Waals surface area contributed by atoms with Crippen molar-refractivity contribution < 1.29 is 37.0 Å². The summed E-state index contributed by atoms with van der Waals surface area (Å²) in [6.07, 6.45) is -3.58. The Kier molecular flexibility index (Phi) is 6.66. The van der Waals surface area contributed by atoms with Crippen molar-refractivity contribution in [2.75, 3.05) is 7.11 Å². The molecule has 0 aliphatic heterocycles. The van der Waals surface area contributed by atoms with E-state index in [1.807, 2.05) is 0 Å². The number of ether oxygens (including phenoxy) is 1. The lowest BCUT2D eigenvalue weighted by Crippen LogP contribution is -2.25. The quantitative estimate of drug-likeness (QED) is 0.224. The summed E-state index contributed by atoms with van der Waals surface area (Å²) in [6.45, 7) is 0. The topological polar surface area (TPSA) is 103 Å². The summed E-state index contributed by atoms with van der Waals surface area (Å²) in [6, 6.07) is 13.2. The first kappa shape index (κ1) is 25.4. The molecule has 12 heteroatoms. The molecule has 0 amide bonds. The van der Waals surface area contributed by atoms with E-state index >= 15 is 4.39 Å². The molecule has 4 aromatic rings. The third kappa shape index (κ3) is 4.99. The van der Waals surface area contributed by atoms with Gasteiger partial charge in [-0.1, -0.05) is 12.1 Å². The Labute approximate surface area is 206 Å². The van der Waals surface area contributed by atoms with E-state index in [0.717, 1.165) is 16.7 Å². The summed E-state index contributed by atoms with van der Waals surface area (Å²) in [7, 11) is 1.38. The number of rotatable bonds is 7. The van der Waals surface area contributed by atoms with E-state index in [2.05, 4.69) is 5.10 Å². The van der Waals surface area contributed by atoms with Crippen LogP contribution in [0.4, 0.5) is 17.6 Å². The second-order valence-corrected chi connectivity index (χ2v) is 7.77. The van der Waals surface area contributed by atoms with E-state index in [0.29, 0.717) is 16.5 Å². The Hall–Kier alpha value is -4.74. The van der Waals surface area contributed by atoms with Crippen molar-refractivity contribution in [1.29, 1.82) is 0 Å². The van der Waals surface area contributed by atoms with Gasteiger partial charge in [0, 0.05) is 23.9 Å². The summed E-state index contributed by atoms with van der Waals surface area (Å²) < 4.78 is 62.2. The number of ketones is 1. The molecule has 0 aliphatic carbocycles. The molecule has 1 N–H and O–H groups in total. The number of nitrogens with zero attached hydrogens (tertiary/aromatic N) is 3. The van der Waals surface area contributed by atoms with Gasteiger partial charge in [-0.2, -0.15) is 18.3 Å². The zero-order valence-electron chi connectivity index (χ0n) is 18.9. The summed E-state index contributed by atoms with van der Waals surface area (Å²) >= 11 is 0. The molecule has 1 unspecified atom stereocenters. The van der Waals surface area contributed by atoms with Crippen LogP contribution in [0.25, 0.3) is 11.4 Å². The minimum atomic E-state index is -4.94. The van der Waals surface area contributed by atoms with Crippen LogP contribution in [0.5, 0.6) is 5.75 Å². The number of hydrogen-bond donors (Lipinski definition) is 1. The lowest BCUT2D eigenvalue weighted by Gasteiger charge is -2.15. The van der Waals surface area contributed by atoms with Gasteiger partial charge in [-0.25, -0.2) is 9.07 Å². The highest BCUT2D eigenvalue weighted by Gasteiger charge is 2.39. The number of aromatic nitrogens is 3. The molecule has 4 rings (SSSR count). The van der Waals surface area contributed by atoms with Gasteiger partial charge in [-0.15, -0.1) is 0 Å². The number of halogens is 4. The first-order valence-corrected chi connectivity index (χ1v) is 10.6. The van der Waals surface area contributed by atoms with Crippen molar-refractivity contribution in [2.45, 2.75) is 12.1 Å². The van der Waals surface area contributed by atoms with Crippen LogP contribution in [-0.4, -0.2) is 38.3 Å². The second-order valence-electron chi connectivity index (χ2n) is 7.77. The number of carboxylic acids is 1. The molecule has 2 aromatic heterocycles. The van der Waals surface area contributed by atoms with Gasteiger partial charge < -0.3 is 9.84 Å². The minimum Gasteiger partial charge on any atom is -0.497 e.